The highest BCUT2D eigenvalue weighted by molar-refractivity contribution is 6.04. The summed E-state index contributed by atoms with van der Waals surface area (Å²) in [5.41, 5.74) is 7.22. The maximum absolute atomic E-state index is 12.6. The number of amides is 1. The van der Waals surface area contributed by atoms with E-state index in [4.69, 9.17) is 4.74 Å². The zero-order valence-corrected chi connectivity index (χ0v) is 15.8. The molecule has 0 spiro atoms. The van der Waals surface area contributed by atoms with Crippen molar-refractivity contribution in [2.24, 2.45) is 4.99 Å². The highest BCUT2D eigenvalue weighted by Gasteiger charge is 2.35. The van der Waals surface area contributed by atoms with Crippen LogP contribution in [0.15, 0.2) is 58.8 Å². The van der Waals surface area contributed by atoms with Crippen molar-refractivity contribution < 1.29 is 9.53 Å². The molecule has 0 bridgehead atoms. The Labute approximate surface area is 164 Å². The molecule has 1 aliphatic carbocycles. The maximum Gasteiger partial charge on any atom is 0.270 e. The fraction of sp³-hybridized carbons (Fsp3) is 0.333. The van der Waals surface area contributed by atoms with Gasteiger partial charge in [0.15, 0.2) is 5.84 Å². The normalized spacial score (nSPS) is 23.0. The quantitative estimate of drug-likeness (QED) is 0.843. The van der Waals surface area contributed by atoms with Crippen LogP contribution in [0.1, 0.15) is 18.4 Å². The van der Waals surface area contributed by atoms with E-state index in [1.165, 1.54) is 0 Å². The molecule has 1 amide bonds. The van der Waals surface area contributed by atoms with E-state index in [1.807, 2.05) is 6.07 Å². The number of benzene rings is 1. The molecule has 1 aromatic carbocycles. The van der Waals surface area contributed by atoms with Crippen molar-refractivity contribution in [2.45, 2.75) is 26.1 Å². The fourth-order valence-electron chi connectivity index (χ4n) is 3.92. The van der Waals surface area contributed by atoms with E-state index >= 15 is 0 Å². The number of hydrazine groups is 1. The summed E-state index contributed by atoms with van der Waals surface area (Å²) in [6.07, 6.45) is 9.61. The number of fused-ring (bicyclic) bond motifs is 2. The van der Waals surface area contributed by atoms with Gasteiger partial charge in [0.25, 0.3) is 5.91 Å². The lowest BCUT2D eigenvalue weighted by molar-refractivity contribution is -0.130. The van der Waals surface area contributed by atoms with E-state index < -0.39 is 6.29 Å². The fourth-order valence-corrected chi connectivity index (χ4v) is 3.92. The van der Waals surface area contributed by atoms with Gasteiger partial charge in [0.1, 0.15) is 12.4 Å². The molecule has 5 rings (SSSR count). The number of anilines is 1. The molecule has 1 aromatic rings. The molecule has 1 unspecified atom stereocenters. The summed E-state index contributed by atoms with van der Waals surface area (Å²) >= 11 is 0. The van der Waals surface area contributed by atoms with Crippen LogP contribution < -0.4 is 20.4 Å². The summed E-state index contributed by atoms with van der Waals surface area (Å²) in [4.78, 5) is 19.6. The number of carbonyl (C=O) groups excluding carboxylic acids is 1. The predicted octanol–water partition coefficient (Wildman–Crippen LogP) is 1.99. The molecule has 0 saturated carbocycles. The Balaban J connectivity index is 1.35. The second-order valence-electron chi connectivity index (χ2n) is 7.32. The Morgan fingerprint density at radius 3 is 3.11 bits per heavy atom. The van der Waals surface area contributed by atoms with Crippen molar-refractivity contribution in [1.82, 2.24) is 15.8 Å². The van der Waals surface area contributed by atoms with Crippen LogP contribution in [0.25, 0.3) is 0 Å². The van der Waals surface area contributed by atoms with Gasteiger partial charge in [0, 0.05) is 17.3 Å². The summed E-state index contributed by atoms with van der Waals surface area (Å²) in [7, 11) is 0. The minimum Gasteiger partial charge on any atom is -0.489 e. The number of nitrogens with zero attached hydrogens (tertiary/aromatic N) is 3. The Bertz CT molecular complexity index is 946. The number of amidine groups is 1. The molecular formula is C21H23N5O2. The number of para-hydroxylation sites is 1. The van der Waals surface area contributed by atoms with E-state index in [1.54, 1.807) is 11.1 Å². The van der Waals surface area contributed by atoms with Crippen molar-refractivity contribution in [1.29, 1.82) is 0 Å². The number of hydrogen-bond acceptors (Lipinski definition) is 6. The van der Waals surface area contributed by atoms with Crippen LogP contribution in [0.4, 0.5) is 5.69 Å². The van der Waals surface area contributed by atoms with Gasteiger partial charge in [-0.05, 0) is 31.4 Å². The molecule has 0 fully saturated rings. The van der Waals surface area contributed by atoms with E-state index in [9.17, 15) is 4.79 Å². The van der Waals surface area contributed by atoms with Gasteiger partial charge in [-0.1, -0.05) is 30.4 Å². The first-order valence-electron chi connectivity index (χ1n) is 9.68. The monoisotopic (exact) mass is 377 g/mol. The van der Waals surface area contributed by atoms with Crippen LogP contribution in [0, 0.1) is 6.92 Å². The molecule has 0 saturated heterocycles. The molecule has 7 nitrogen and oxygen atoms in total. The van der Waals surface area contributed by atoms with Crippen LogP contribution in [-0.4, -0.2) is 42.7 Å². The number of ether oxygens (including phenoxy) is 1. The third-order valence-electron chi connectivity index (χ3n) is 5.34. The molecule has 7 heteroatoms. The van der Waals surface area contributed by atoms with Crippen molar-refractivity contribution in [2.75, 3.05) is 24.6 Å². The highest BCUT2D eigenvalue weighted by atomic mass is 16.5. The number of hydrogen-bond donors (Lipinski definition) is 2. The molecular weight excluding hydrogens is 354 g/mol. The zero-order chi connectivity index (χ0) is 19.1. The first-order valence-corrected chi connectivity index (χ1v) is 9.68. The van der Waals surface area contributed by atoms with Gasteiger partial charge in [0.2, 0.25) is 6.29 Å². The smallest absolute Gasteiger partial charge is 0.270 e. The standard InChI is InChI=1S/C21H23N5O2/c1-14-6-5-9-17-19(14)28-11-10-25(17)13-16-12-18(27)26-21(22-16)23-20(24-26)15-7-3-2-4-8-15/h3,5-9,12,21-22H,2,4,10-11,13H2,1H3,(H,23,24). The molecule has 0 radical (unpaired) electrons. The molecule has 2 N–H and O–H groups in total. The Kier molecular flexibility index (Phi) is 4.07. The lowest BCUT2D eigenvalue weighted by atomic mass is 10.1. The van der Waals surface area contributed by atoms with Crippen LogP contribution in [0.2, 0.25) is 0 Å². The van der Waals surface area contributed by atoms with Crippen molar-refractivity contribution in [3.05, 3.63) is 59.3 Å². The van der Waals surface area contributed by atoms with Gasteiger partial charge < -0.3 is 15.0 Å². The zero-order valence-electron chi connectivity index (χ0n) is 15.8. The number of aliphatic imine (C=N–C) groups is 1. The Morgan fingerprint density at radius 2 is 2.25 bits per heavy atom. The lowest BCUT2D eigenvalue weighted by Gasteiger charge is -2.35. The van der Waals surface area contributed by atoms with Crippen molar-refractivity contribution >= 4 is 17.4 Å². The van der Waals surface area contributed by atoms with Gasteiger partial charge >= 0.3 is 0 Å². The third kappa shape index (κ3) is 2.93. The number of allylic oxidation sites excluding steroid dienone is 2. The first-order chi connectivity index (χ1) is 13.7. The minimum absolute atomic E-state index is 0.0874. The Hall–Kier alpha value is -3.22. The van der Waals surface area contributed by atoms with E-state index in [0.717, 1.165) is 53.5 Å². The van der Waals surface area contributed by atoms with Crippen molar-refractivity contribution in [3.63, 3.8) is 0 Å². The van der Waals surface area contributed by atoms with E-state index in [2.05, 4.69) is 57.9 Å². The number of carbonyl (C=O) groups is 1. The van der Waals surface area contributed by atoms with Crippen molar-refractivity contribution in [3.8, 4) is 5.75 Å². The molecule has 144 valence electrons. The molecule has 3 aliphatic heterocycles. The lowest BCUT2D eigenvalue weighted by Crippen LogP contribution is -2.54. The topological polar surface area (TPSA) is 69.2 Å². The second kappa shape index (κ2) is 6.74. The molecule has 3 heterocycles. The molecule has 1 atom stereocenters. The van der Waals surface area contributed by atoms with Gasteiger partial charge in [-0.3, -0.25) is 10.2 Å². The van der Waals surface area contributed by atoms with Gasteiger partial charge in [-0.2, -0.15) is 0 Å². The average Bonchev–Trinajstić information content (AvgIpc) is 3.14. The number of aryl methyl sites for hydroxylation is 1. The van der Waals surface area contributed by atoms with E-state index in [-0.39, 0.29) is 5.91 Å². The summed E-state index contributed by atoms with van der Waals surface area (Å²) in [6.45, 7) is 4.08. The van der Waals surface area contributed by atoms with Gasteiger partial charge in [-0.15, -0.1) is 0 Å². The number of nitrogens with one attached hydrogen (secondary N) is 2. The molecule has 0 aromatic heterocycles. The minimum atomic E-state index is -0.420. The number of rotatable bonds is 3. The largest absolute Gasteiger partial charge is 0.489 e. The van der Waals surface area contributed by atoms with E-state index in [0.29, 0.717) is 13.2 Å². The highest BCUT2D eigenvalue weighted by Crippen LogP contribution is 2.34. The Morgan fingerprint density at radius 1 is 1.32 bits per heavy atom. The average molecular weight is 377 g/mol. The van der Waals surface area contributed by atoms with Gasteiger partial charge in [0.05, 0.1) is 18.8 Å². The van der Waals surface area contributed by atoms with Crippen LogP contribution >= 0.6 is 0 Å². The third-order valence-corrected chi connectivity index (χ3v) is 5.34. The summed E-state index contributed by atoms with van der Waals surface area (Å²) in [5.74, 6) is 1.58. The summed E-state index contributed by atoms with van der Waals surface area (Å²) in [5, 5.41) is 4.93. The summed E-state index contributed by atoms with van der Waals surface area (Å²) in [6, 6.07) is 6.15. The van der Waals surface area contributed by atoms with Crippen LogP contribution in [0.3, 0.4) is 0 Å². The second-order valence-corrected chi connectivity index (χ2v) is 7.32. The van der Waals surface area contributed by atoms with Gasteiger partial charge in [-0.25, -0.2) is 10.0 Å². The predicted molar refractivity (Wildman–Crippen MR) is 108 cm³/mol. The van der Waals surface area contributed by atoms with Crippen LogP contribution in [0.5, 0.6) is 5.75 Å². The molecule has 4 aliphatic rings. The molecule has 28 heavy (non-hydrogen) atoms. The van der Waals surface area contributed by atoms with Crippen LogP contribution in [-0.2, 0) is 4.79 Å². The summed E-state index contributed by atoms with van der Waals surface area (Å²) < 4.78 is 5.84. The maximum atomic E-state index is 12.6. The SMILES string of the molecule is Cc1cccc2c1OCCN2CC1=CC(=O)N2NC(C3=CCCC=C3)=NC2N1. The first kappa shape index (κ1) is 16.9.